The molecule has 2 saturated heterocycles. The number of aromatic nitrogens is 2. The van der Waals surface area contributed by atoms with Gasteiger partial charge in [-0.15, -0.1) is 0 Å². The first-order valence-electron chi connectivity index (χ1n) is 15.2. The first-order valence-corrected chi connectivity index (χ1v) is 15.2. The normalized spacial score (nSPS) is 21.7. The molecule has 0 spiro atoms. The van der Waals surface area contributed by atoms with E-state index in [1.54, 1.807) is 0 Å². The minimum Gasteiger partial charge on any atom is -0.481 e. The number of aryl methyl sites for hydroxylation is 1. The molecule has 3 aromatic rings. The summed E-state index contributed by atoms with van der Waals surface area (Å²) in [5, 5.41) is 14.6. The van der Waals surface area contributed by atoms with Crippen molar-refractivity contribution < 1.29 is 9.90 Å². The molecule has 3 heterocycles. The zero-order valence-corrected chi connectivity index (χ0v) is 24.5. The SMILES string of the molecule is CCn1nc(Cc2ccccc2)cc1C1CCN(CC2CN([C@H](CC(=O)O)C(C)C)CC2c2ccccc2)CC1. The average Bonchev–Trinajstić information content (AvgIpc) is 3.57. The van der Waals surface area contributed by atoms with Crippen LogP contribution in [0.4, 0.5) is 0 Å². The van der Waals surface area contributed by atoms with E-state index >= 15 is 0 Å². The highest BCUT2D eigenvalue weighted by Gasteiger charge is 2.39. The Hall–Kier alpha value is -2.96. The van der Waals surface area contributed by atoms with Crippen LogP contribution in [0.5, 0.6) is 0 Å². The van der Waals surface area contributed by atoms with Crippen LogP contribution in [0.2, 0.25) is 0 Å². The van der Waals surface area contributed by atoms with E-state index in [9.17, 15) is 9.90 Å². The molecule has 1 N–H and O–H groups in total. The summed E-state index contributed by atoms with van der Waals surface area (Å²) in [5.41, 5.74) is 5.27. The maximum Gasteiger partial charge on any atom is 0.304 e. The van der Waals surface area contributed by atoms with Crippen molar-refractivity contribution in [3.63, 3.8) is 0 Å². The van der Waals surface area contributed by atoms with E-state index in [2.05, 4.69) is 102 Å². The van der Waals surface area contributed by atoms with E-state index in [-0.39, 0.29) is 12.5 Å². The number of piperidine rings is 1. The Morgan fingerprint density at radius 1 is 1.00 bits per heavy atom. The summed E-state index contributed by atoms with van der Waals surface area (Å²) in [6.45, 7) is 12.6. The number of hydrogen-bond donors (Lipinski definition) is 1. The number of carboxylic acids is 1. The number of hydrogen-bond acceptors (Lipinski definition) is 4. The van der Waals surface area contributed by atoms with Crippen molar-refractivity contribution in [2.45, 2.75) is 70.9 Å². The van der Waals surface area contributed by atoms with Gasteiger partial charge in [-0.1, -0.05) is 74.5 Å². The Labute approximate surface area is 240 Å². The quantitative estimate of drug-likeness (QED) is 0.328. The first kappa shape index (κ1) is 28.6. The molecule has 3 atom stereocenters. The molecule has 214 valence electrons. The van der Waals surface area contributed by atoms with Crippen molar-refractivity contribution in [3.8, 4) is 0 Å². The van der Waals surface area contributed by atoms with Gasteiger partial charge in [0.2, 0.25) is 0 Å². The zero-order chi connectivity index (χ0) is 28.1. The van der Waals surface area contributed by atoms with Crippen LogP contribution >= 0.6 is 0 Å². The predicted octanol–water partition coefficient (Wildman–Crippen LogP) is 5.89. The third-order valence-corrected chi connectivity index (χ3v) is 9.21. The maximum absolute atomic E-state index is 11.7. The van der Waals surface area contributed by atoms with E-state index < -0.39 is 5.97 Å². The van der Waals surface area contributed by atoms with E-state index in [1.807, 2.05) is 0 Å². The number of nitrogens with zero attached hydrogens (tertiary/aromatic N) is 4. The number of likely N-dealkylation sites (tertiary alicyclic amines) is 2. The summed E-state index contributed by atoms with van der Waals surface area (Å²) in [7, 11) is 0. The van der Waals surface area contributed by atoms with Crippen molar-refractivity contribution >= 4 is 5.97 Å². The van der Waals surface area contributed by atoms with Crippen LogP contribution in [0.25, 0.3) is 0 Å². The fourth-order valence-electron chi connectivity index (χ4n) is 7.11. The molecule has 2 fully saturated rings. The van der Waals surface area contributed by atoms with Crippen molar-refractivity contribution in [2.75, 3.05) is 32.7 Å². The van der Waals surface area contributed by atoms with Crippen LogP contribution in [0.15, 0.2) is 66.7 Å². The summed E-state index contributed by atoms with van der Waals surface area (Å²) in [5.74, 6) is 1.12. The van der Waals surface area contributed by atoms with Crippen LogP contribution in [-0.2, 0) is 17.8 Å². The highest BCUT2D eigenvalue weighted by atomic mass is 16.4. The zero-order valence-electron chi connectivity index (χ0n) is 24.5. The lowest BCUT2D eigenvalue weighted by Crippen LogP contribution is -2.41. The third-order valence-electron chi connectivity index (χ3n) is 9.21. The molecule has 6 nitrogen and oxygen atoms in total. The van der Waals surface area contributed by atoms with Crippen LogP contribution < -0.4 is 0 Å². The Bertz CT molecular complexity index is 1220. The number of aliphatic carboxylic acids is 1. The van der Waals surface area contributed by atoms with Gasteiger partial charge in [-0.3, -0.25) is 14.4 Å². The van der Waals surface area contributed by atoms with Gasteiger partial charge >= 0.3 is 5.97 Å². The molecule has 1 aromatic heterocycles. The van der Waals surface area contributed by atoms with Gasteiger partial charge in [-0.2, -0.15) is 5.10 Å². The summed E-state index contributed by atoms with van der Waals surface area (Å²) in [4.78, 5) is 16.8. The Morgan fingerprint density at radius 3 is 2.30 bits per heavy atom. The summed E-state index contributed by atoms with van der Waals surface area (Å²) < 4.78 is 2.23. The van der Waals surface area contributed by atoms with Crippen LogP contribution in [0, 0.1) is 11.8 Å². The van der Waals surface area contributed by atoms with E-state index in [0.717, 1.165) is 58.5 Å². The van der Waals surface area contributed by atoms with Crippen molar-refractivity contribution in [1.29, 1.82) is 0 Å². The molecule has 40 heavy (non-hydrogen) atoms. The fourth-order valence-corrected chi connectivity index (χ4v) is 7.11. The molecular weight excluding hydrogens is 496 g/mol. The Morgan fingerprint density at radius 2 is 1.68 bits per heavy atom. The van der Waals surface area contributed by atoms with E-state index in [1.165, 1.54) is 22.5 Å². The molecule has 0 saturated carbocycles. The summed E-state index contributed by atoms with van der Waals surface area (Å²) >= 11 is 0. The highest BCUT2D eigenvalue weighted by molar-refractivity contribution is 5.67. The van der Waals surface area contributed by atoms with E-state index in [0.29, 0.717) is 23.7 Å². The van der Waals surface area contributed by atoms with Gasteiger partial charge in [-0.25, -0.2) is 0 Å². The molecule has 0 bridgehead atoms. The molecule has 2 aliphatic rings. The fraction of sp³-hybridized carbons (Fsp3) is 0.529. The van der Waals surface area contributed by atoms with E-state index in [4.69, 9.17) is 5.10 Å². The van der Waals surface area contributed by atoms with Crippen LogP contribution in [0.3, 0.4) is 0 Å². The van der Waals surface area contributed by atoms with Gasteiger partial charge in [0.25, 0.3) is 0 Å². The maximum atomic E-state index is 11.7. The van der Waals surface area contributed by atoms with Crippen molar-refractivity contribution in [1.82, 2.24) is 19.6 Å². The number of benzene rings is 2. The lowest BCUT2D eigenvalue weighted by Gasteiger charge is -2.35. The molecule has 5 rings (SSSR count). The summed E-state index contributed by atoms with van der Waals surface area (Å²) in [6, 6.07) is 23.9. The monoisotopic (exact) mass is 542 g/mol. The van der Waals surface area contributed by atoms with Gasteiger partial charge in [0.15, 0.2) is 0 Å². The second kappa shape index (κ2) is 13.1. The van der Waals surface area contributed by atoms with Crippen molar-refractivity contribution in [3.05, 3.63) is 89.2 Å². The standard InChI is InChI=1S/C34H46N4O2/c1-4-38-33(20-30(35-38)19-26-11-7-5-8-12-26)28-15-17-36(18-16-28)22-29-23-37(32(25(2)3)21-34(39)40)24-31(29)27-13-9-6-10-14-27/h5-14,20,25,28-29,31-32H,4,15-19,21-24H2,1-3H3,(H,39,40)/t29?,31?,32-/m1/s1. The summed E-state index contributed by atoms with van der Waals surface area (Å²) in [6.07, 6.45) is 3.43. The molecule has 2 unspecified atom stereocenters. The Balaban J connectivity index is 1.24. The van der Waals surface area contributed by atoms with Crippen molar-refractivity contribution in [2.24, 2.45) is 11.8 Å². The Kier molecular flexibility index (Phi) is 9.38. The number of carboxylic acid groups (broad SMARTS) is 1. The minimum absolute atomic E-state index is 0.0823. The highest BCUT2D eigenvalue weighted by Crippen LogP contribution is 2.37. The third kappa shape index (κ3) is 6.84. The number of rotatable bonds is 11. The van der Waals surface area contributed by atoms with Gasteiger partial charge in [-0.05, 0) is 61.9 Å². The molecule has 6 heteroatoms. The van der Waals surface area contributed by atoms with Gasteiger partial charge in [0.1, 0.15) is 0 Å². The molecule has 2 aliphatic heterocycles. The average molecular weight is 543 g/mol. The predicted molar refractivity (Wildman–Crippen MR) is 161 cm³/mol. The molecule has 0 radical (unpaired) electrons. The lowest BCUT2D eigenvalue weighted by atomic mass is 9.87. The van der Waals surface area contributed by atoms with Gasteiger partial charge < -0.3 is 10.0 Å². The first-order chi connectivity index (χ1) is 19.4. The second-order valence-electron chi connectivity index (χ2n) is 12.3. The topological polar surface area (TPSA) is 61.6 Å². The smallest absolute Gasteiger partial charge is 0.304 e. The molecule has 0 aliphatic carbocycles. The van der Waals surface area contributed by atoms with Gasteiger partial charge in [0.05, 0.1) is 12.1 Å². The largest absolute Gasteiger partial charge is 0.481 e. The second-order valence-corrected chi connectivity index (χ2v) is 12.3. The minimum atomic E-state index is -0.696. The van der Waals surface area contributed by atoms with Crippen LogP contribution in [0.1, 0.15) is 74.4 Å². The van der Waals surface area contributed by atoms with Gasteiger partial charge in [0, 0.05) is 56.2 Å². The lowest BCUT2D eigenvalue weighted by molar-refractivity contribution is -0.138. The molecular formula is C34H46N4O2. The molecule has 2 aromatic carbocycles. The van der Waals surface area contributed by atoms with Crippen LogP contribution in [-0.4, -0.2) is 69.4 Å². The number of carbonyl (C=O) groups is 1. The molecule has 0 amide bonds.